The highest BCUT2D eigenvalue weighted by Crippen LogP contribution is 2.24. The molecule has 0 aromatic carbocycles. The van der Waals surface area contributed by atoms with E-state index >= 15 is 0 Å². The fourth-order valence-electron chi connectivity index (χ4n) is 3.42. The Balaban J connectivity index is 1.33. The van der Waals surface area contributed by atoms with Gasteiger partial charge in [0.1, 0.15) is 5.82 Å². The summed E-state index contributed by atoms with van der Waals surface area (Å²) in [4.78, 5) is 24.8. The molecule has 1 aliphatic rings. The molecule has 0 bridgehead atoms. The van der Waals surface area contributed by atoms with Gasteiger partial charge in [0.2, 0.25) is 5.91 Å². The summed E-state index contributed by atoms with van der Waals surface area (Å²) >= 11 is 1.73. The number of carbonyl (C=O) groups is 1. The largest absolute Gasteiger partial charge is 0.356 e. The summed E-state index contributed by atoms with van der Waals surface area (Å²) in [6, 6.07) is 8.02. The lowest BCUT2D eigenvalue weighted by Gasteiger charge is -2.32. The van der Waals surface area contributed by atoms with E-state index in [0.717, 1.165) is 37.2 Å². The molecule has 4 rings (SSSR count). The molecule has 1 fully saturated rings. The second-order valence-corrected chi connectivity index (χ2v) is 7.99. The quantitative estimate of drug-likeness (QED) is 0.688. The van der Waals surface area contributed by atoms with Gasteiger partial charge in [-0.3, -0.25) is 4.79 Å². The third-order valence-electron chi connectivity index (χ3n) is 4.89. The van der Waals surface area contributed by atoms with Crippen LogP contribution in [0.15, 0.2) is 40.4 Å². The molecule has 146 valence electrons. The van der Waals surface area contributed by atoms with Crippen molar-refractivity contribution in [3.63, 3.8) is 0 Å². The molecule has 3 aromatic rings. The average Bonchev–Trinajstić information content (AvgIpc) is 3.40. The summed E-state index contributed by atoms with van der Waals surface area (Å²) in [5, 5.41) is 8.96. The Morgan fingerprint density at radius 2 is 2.32 bits per heavy atom. The zero-order valence-electron chi connectivity index (χ0n) is 15.8. The Kier molecular flexibility index (Phi) is 5.66. The first-order chi connectivity index (χ1) is 13.7. The molecule has 0 unspecified atom stereocenters. The number of amides is 1. The van der Waals surface area contributed by atoms with E-state index in [1.807, 2.05) is 18.2 Å². The van der Waals surface area contributed by atoms with Crippen LogP contribution >= 0.6 is 11.3 Å². The lowest BCUT2D eigenvalue weighted by atomic mass is 9.97. The predicted octanol–water partition coefficient (Wildman–Crippen LogP) is 3.08. The van der Waals surface area contributed by atoms with Crippen molar-refractivity contribution in [2.24, 2.45) is 5.92 Å². The van der Waals surface area contributed by atoms with E-state index < -0.39 is 0 Å². The first-order valence-electron chi connectivity index (χ1n) is 9.51. The molecule has 0 saturated carbocycles. The average molecular weight is 398 g/mol. The van der Waals surface area contributed by atoms with Gasteiger partial charge in [-0.1, -0.05) is 11.2 Å². The lowest BCUT2D eigenvalue weighted by molar-refractivity contribution is -0.125. The number of hydrogen-bond acceptors (Lipinski definition) is 7. The highest BCUT2D eigenvalue weighted by molar-refractivity contribution is 7.09. The number of hydrogen-bond donors (Lipinski definition) is 1. The van der Waals surface area contributed by atoms with E-state index in [4.69, 9.17) is 4.52 Å². The minimum absolute atomic E-state index is 0.00264. The van der Waals surface area contributed by atoms with Crippen LogP contribution in [-0.2, 0) is 11.2 Å². The van der Waals surface area contributed by atoms with Crippen molar-refractivity contribution in [1.29, 1.82) is 0 Å². The van der Waals surface area contributed by atoms with Gasteiger partial charge < -0.3 is 14.7 Å². The molecule has 0 radical (unpaired) electrons. The van der Waals surface area contributed by atoms with Gasteiger partial charge in [0.15, 0.2) is 5.82 Å². The van der Waals surface area contributed by atoms with Crippen LogP contribution in [0.3, 0.4) is 0 Å². The standard InChI is InChI=1S/C20H23N5O2S/c1-14-23-20(27-24-14)15-6-7-18(22-12-15)25-10-2-4-16(13-25)19(26)21-9-8-17-5-3-11-28-17/h3,5-7,11-12,16H,2,4,8-10,13H2,1H3,(H,21,26)/t16-/m0/s1. The third-order valence-corrected chi connectivity index (χ3v) is 5.83. The van der Waals surface area contributed by atoms with Gasteiger partial charge in [-0.05, 0) is 49.8 Å². The maximum Gasteiger partial charge on any atom is 0.259 e. The third kappa shape index (κ3) is 4.39. The fraction of sp³-hybridized carbons (Fsp3) is 0.400. The molecule has 1 aliphatic heterocycles. The number of aromatic nitrogens is 3. The number of nitrogens with one attached hydrogen (secondary N) is 1. The minimum Gasteiger partial charge on any atom is -0.356 e. The van der Waals surface area contributed by atoms with E-state index in [0.29, 0.717) is 24.8 Å². The second kappa shape index (κ2) is 8.52. The zero-order valence-corrected chi connectivity index (χ0v) is 16.6. The summed E-state index contributed by atoms with van der Waals surface area (Å²) < 4.78 is 5.18. The molecule has 1 atom stereocenters. The summed E-state index contributed by atoms with van der Waals surface area (Å²) in [6.07, 6.45) is 4.53. The molecule has 3 aromatic heterocycles. The highest BCUT2D eigenvalue weighted by atomic mass is 32.1. The maximum atomic E-state index is 12.6. The number of rotatable bonds is 6. The van der Waals surface area contributed by atoms with Gasteiger partial charge in [0.05, 0.1) is 11.5 Å². The number of nitrogens with zero attached hydrogens (tertiary/aromatic N) is 4. The number of anilines is 1. The van der Waals surface area contributed by atoms with Crippen molar-refractivity contribution in [2.45, 2.75) is 26.2 Å². The summed E-state index contributed by atoms with van der Waals surface area (Å²) in [5.41, 5.74) is 0.796. The Morgan fingerprint density at radius 1 is 1.39 bits per heavy atom. The van der Waals surface area contributed by atoms with Crippen LogP contribution in [0.2, 0.25) is 0 Å². The Morgan fingerprint density at radius 3 is 3.04 bits per heavy atom. The normalized spacial score (nSPS) is 16.9. The van der Waals surface area contributed by atoms with Crippen molar-refractivity contribution in [3.8, 4) is 11.5 Å². The molecule has 1 amide bonds. The van der Waals surface area contributed by atoms with Crippen LogP contribution < -0.4 is 10.2 Å². The minimum atomic E-state index is -0.00264. The van der Waals surface area contributed by atoms with Gasteiger partial charge in [0.25, 0.3) is 5.89 Å². The molecule has 1 N–H and O–H groups in total. The maximum absolute atomic E-state index is 12.6. The highest BCUT2D eigenvalue weighted by Gasteiger charge is 2.26. The van der Waals surface area contributed by atoms with Gasteiger partial charge in [-0.15, -0.1) is 11.3 Å². The van der Waals surface area contributed by atoms with Gasteiger partial charge in [-0.2, -0.15) is 4.98 Å². The summed E-state index contributed by atoms with van der Waals surface area (Å²) in [5.74, 6) is 2.08. The monoisotopic (exact) mass is 397 g/mol. The Hall–Kier alpha value is -2.74. The Bertz CT molecular complexity index is 907. The number of pyridine rings is 1. The van der Waals surface area contributed by atoms with E-state index in [1.165, 1.54) is 4.88 Å². The van der Waals surface area contributed by atoms with Crippen LogP contribution in [-0.4, -0.2) is 40.7 Å². The first kappa shape index (κ1) is 18.6. The molecule has 7 nitrogen and oxygen atoms in total. The molecule has 4 heterocycles. The number of piperidine rings is 1. The molecule has 0 spiro atoms. The molecule has 28 heavy (non-hydrogen) atoms. The fourth-order valence-corrected chi connectivity index (χ4v) is 4.13. The van der Waals surface area contributed by atoms with Crippen LogP contribution in [0.1, 0.15) is 23.5 Å². The van der Waals surface area contributed by atoms with E-state index in [1.54, 1.807) is 24.5 Å². The smallest absolute Gasteiger partial charge is 0.259 e. The van der Waals surface area contributed by atoms with Gasteiger partial charge in [0, 0.05) is 30.7 Å². The van der Waals surface area contributed by atoms with Gasteiger partial charge in [-0.25, -0.2) is 4.98 Å². The van der Waals surface area contributed by atoms with Crippen molar-refractivity contribution in [1.82, 2.24) is 20.4 Å². The molecular weight excluding hydrogens is 374 g/mol. The molecule has 8 heteroatoms. The predicted molar refractivity (Wildman–Crippen MR) is 108 cm³/mol. The van der Waals surface area contributed by atoms with Crippen molar-refractivity contribution in [3.05, 3.63) is 46.5 Å². The summed E-state index contributed by atoms with van der Waals surface area (Å²) in [7, 11) is 0. The van der Waals surface area contributed by atoms with Crippen LogP contribution in [0, 0.1) is 12.8 Å². The van der Waals surface area contributed by atoms with E-state index in [9.17, 15) is 4.79 Å². The van der Waals surface area contributed by atoms with Crippen LogP contribution in [0.4, 0.5) is 5.82 Å². The molecule has 0 aliphatic carbocycles. The molecule has 1 saturated heterocycles. The topological polar surface area (TPSA) is 84.2 Å². The molecular formula is C20H23N5O2S. The first-order valence-corrected chi connectivity index (χ1v) is 10.4. The summed E-state index contributed by atoms with van der Waals surface area (Å²) in [6.45, 7) is 4.07. The zero-order chi connectivity index (χ0) is 19.3. The van der Waals surface area contributed by atoms with Gasteiger partial charge >= 0.3 is 0 Å². The number of thiophene rings is 1. The Labute approximate surface area is 167 Å². The van der Waals surface area contributed by atoms with Crippen molar-refractivity contribution < 1.29 is 9.32 Å². The van der Waals surface area contributed by atoms with Crippen molar-refractivity contribution >= 4 is 23.1 Å². The number of carbonyl (C=O) groups excluding carboxylic acids is 1. The number of aryl methyl sites for hydroxylation is 1. The van der Waals surface area contributed by atoms with Crippen molar-refractivity contribution in [2.75, 3.05) is 24.5 Å². The lowest BCUT2D eigenvalue weighted by Crippen LogP contribution is -2.43. The van der Waals surface area contributed by atoms with Crippen LogP contribution in [0.5, 0.6) is 0 Å². The van der Waals surface area contributed by atoms with E-state index in [2.05, 4.69) is 36.8 Å². The van der Waals surface area contributed by atoms with E-state index in [-0.39, 0.29) is 11.8 Å². The SMILES string of the molecule is Cc1noc(-c2ccc(N3CCC[C@H](C(=O)NCCc4cccs4)C3)nc2)n1. The van der Waals surface area contributed by atoms with Crippen LogP contribution in [0.25, 0.3) is 11.5 Å². The second-order valence-electron chi connectivity index (χ2n) is 6.96.